The summed E-state index contributed by atoms with van der Waals surface area (Å²) in [6, 6.07) is 11.8. The van der Waals surface area contributed by atoms with Crippen LogP contribution in [0.3, 0.4) is 0 Å². The first-order valence-corrected chi connectivity index (χ1v) is 9.40. The Balaban J connectivity index is 1.47. The molecule has 6 heteroatoms. The number of nitrogens with zero attached hydrogens (tertiary/aromatic N) is 3. The Hall–Kier alpha value is -2.28. The highest BCUT2D eigenvalue weighted by Crippen LogP contribution is 2.54. The first-order valence-electron chi connectivity index (χ1n) is 9.40. The third kappa shape index (κ3) is 2.51. The zero-order chi connectivity index (χ0) is 18.6. The molecule has 5 rings (SSSR count). The highest BCUT2D eigenvalue weighted by Gasteiger charge is 2.57. The van der Waals surface area contributed by atoms with Crippen LogP contribution < -0.4 is 0 Å². The summed E-state index contributed by atoms with van der Waals surface area (Å²) >= 11 is 0. The van der Waals surface area contributed by atoms with Gasteiger partial charge in [-0.25, -0.2) is 9.97 Å². The molecule has 2 aliphatic rings. The SMILES string of the molecule is Cc1ncnc2c1ccn2C1CC2(COC(c3ccccc3)C2)C(O)C1O. The number of aryl methyl sites for hydroxylation is 1. The molecule has 27 heavy (non-hydrogen) atoms. The van der Waals surface area contributed by atoms with Gasteiger partial charge in [-0.05, 0) is 31.4 Å². The maximum atomic E-state index is 10.9. The van der Waals surface area contributed by atoms with Crippen molar-refractivity contribution in [2.75, 3.05) is 6.61 Å². The fraction of sp³-hybridized carbons (Fsp3) is 0.429. The molecule has 2 N–H and O–H groups in total. The predicted octanol–water partition coefficient (Wildman–Crippen LogP) is 2.55. The van der Waals surface area contributed by atoms with Crippen LogP contribution >= 0.6 is 0 Å². The van der Waals surface area contributed by atoms with E-state index in [1.807, 2.05) is 42.0 Å². The van der Waals surface area contributed by atoms with Crippen molar-refractivity contribution in [3.63, 3.8) is 0 Å². The molecule has 1 aliphatic heterocycles. The molecule has 0 amide bonds. The van der Waals surface area contributed by atoms with Gasteiger partial charge in [-0.1, -0.05) is 30.3 Å². The number of hydrogen-bond donors (Lipinski definition) is 2. The van der Waals surface area contributed by atoms with Gasteiger partial charge in [0.25, 0.3) is 0 Å². The van der Waals surface area contributed by atoms with Crippen molar-refractivity contribution < 1.29 is 14.9 Å². The largest absolute Gasteiger partial charge is 0.390 e. The highest BCUT2D eigenvalue weighted by molar-refractivity contribution is 5.78. The van der Waals surface area contributed by atoms with E-state index in [2.05, 4.69) is 22.1 Å². The van der Waals surface area contributed by atoms with E-state index >= 15 is 0 Å². The highest BCUT2D eigenvalue weighted by atomic mass is 16.5. The van der Waals surface area contributed by atoms with Crippen LogP contribution in [-0.4, -0.2) is 43.6 Å². The average molecular weight is 365 g/mol. The van der Waals surface area contributed by atoms with E-state index in [9.17, 15) is 10.2 Å². The van der Waals surface area contributed by atoms with Gasteiger partial charge in [0.05, 0.1) is 30.6 Å². The minimum Gasteiger partial charge on any atom is -0.390 e. The molecule has 5 unspecified atom stereocenters. The Morgan fingerprint density at radius 1 is 1.11 bits per heavy atom. The summed E-state index contributed by atoms with van der Waals surface area (Å²) in [5, 5.41) is 22.8. The Morgan fingerprint density at radius 3 is 2.74 bits per heavy atom. The summed E-state index contributed by atoms with van der Waals surface area (Å²) in [6.45, 7) is 2.40. The minimum atomic E-state index is -0.853. The first-order chi connectivity index (χ1) is 13.1. The molecule has 140 valence electrons. The van der Waals surface area contributed by atoms with Crippen molar-refractivity contribution >= 4 is 11.0 Å². The summed E-state index contributed by atoms with van der Waals surface area (Å²) in [7, 11) is 0. The molecule has 0 radical (unpaired) electrons. The lowest BCUT2D eigenvalue weighted by Crippen LogP contribution is -2.37. The third-order valence-electron chi connectivity index (χ3n) is 6.36. The van der Waals surface area contributed by atoms with Gasteiger partial charge in [-0.2, -0.15) is 0 Å². The predicted molar refractivity (Wildman–Crippen MR) is 100 cm³/mol. The zero-order valence-electron chi connectivity index (χ0n) is 15.2. The monoisotopic (exact) mass is 365 g/mol. The molecule has 3 heterocycles. The Kier molecular flexibility index (Phi) is 3.82. The van der Waals surface area contributed by atoms with E-state index in [1.165, 1.54) is 0 Å². The van der Waals surface area contributed by atoms with E-state index in [1.54, 1.807) is 6.33 Å². The van der Waals surface area contributed by atoms with E-state index in [4.69, 9.17) is 4.74 Å². The van der Waals surface area contributed by atoms with Crippen molar-refractivity contribution in [2.24, 2.45) is 5.41 Å². The van der Waals surface area contributed by atoms with Gasteiger partial charge in [-0.15, -0.1) is 0 Å². The third-order valence-corrected chi connectivity index (χ3v) is 6.36. The molecule has 1 aliphatic carbocycles. The molecule has 2 aromatic heterocycles. The summed E-state index contributed by atoms with van der Waals surface area (Å²) < 4.78 is 8.05. The number of aromatic nitrogens is 3. The van der Waals surface area contributed by atoms with Crippen molar-refractivity contribution in [1.82, 2.24) is 14.5 Å². The van der Waals surface area contributed by atoms with Crippen LogP contribution in [0, 0.1) is 12.3 Å². The molecule has 1 saturated carbocycles. The van der Waals surface area contributed by atoms with Crippen LogP contribution in [-0.2, 0) is 4.74 Å². The fourth-order valence-electron chi connectivity index (χ4n) is 4.84. The first kappa shape index (κ1) is 16.9. The smallest absolute Gasteiger partial charge is 0.143 e. The van der Waals surface area contributed by atoms with Gasteiger partial charge >= 0.3 is 0 Å². The molecule has 1 saturated heterocycles. The van der Waals surface area contributed by atoms with Crippen molar-refractivity contribution in [3.05, 3.63) is 60.2 Å². The second kappa shape index (κ2) is 6.12. The number of aliphatic hydroxyl groups is 2. The number of fused-ring (bicyclic) bond motifs is 1. The lowest BCUT2D eigenvalue weighted by atomic mass is 9.80. The van der Waals surface area contributed by atoms with Crippen molar-refractivity contribution in [3.8, 4) is 0 Å². The van der Waals surface area contributed by atoms with Crippen LogP contribution in [0.25, 0.3) is 11.0 Å². The number of benzene rings is 1. The number of hydrogen-bond acceptors (Lipinski definition) is 5. The average Bonchev–Trinajstić information content (AvgIpc) is 3.37. The summed E-state index contributed by atoms with van der Waals surface area (Å²) in [5.74, 6) is 0. The van der Waals surface area contributed by atoms with Crippen LogP contribution in [0.4, 0.5) is 0 Å². The van der Waals surface area contributed by atoms with E-state index in [-0.39, 0.29) is 12.1 Å². The van der Waals surface area contributed by atoms with Gasteiger partial charge in [0.1, 0.15) is 18.1 Å². The van der Waals surface area contributed by atoms with Crippen molar-refractivity contribution in [2.45, 2.75) is 44.1 Å². The van der Waals surface area contributed by atoms with Crippen LogP contribution in [0.15, 0.2) is 48.9 Å². The zero-order valence-corrected chi connectivity index (χ0v) is 15.2. The molecule has 1 aromatic carbocycles. The normalized spacial score (nSPS) is 33.3. The summed E-state index contributed by atoms with van der Waals surface area (Å²) in [5.41, 5.74) is 2.39. The Morgan fingerprint density at radius 2 is 1.93 bits per heavy atom. The number of rotatable bonds is 2. The summed E-state index contributed by atoms with van der Waals surface area (Å²) in [4.78, 5) is 8.65. The quantitative estimate of drug-likeness (QED) is 0.730. The molecule has 3 aromatic rings. The molecular formula is C21H23N3O3. The van der Waals surface area contributed by atoms with Crippen LogP contribution in [0.2, 0.25) is 0 Å². The Labute approximate surface area is 157 Å². The second-order valence-electron chi connectivity index (χ2n) is 7.90. The van der Waals surface area contributed by atoms with E-state index < -0.39 is 17.6 Å². The maximum absolute atomic E-state index is 10.9. The molecule has 2 fully saturated rings. The maximum Gasteiger partial charge on any atom is 0.143 e. The molecule has 6 nitrogen and oxygen atoms in total. The topological polar surface area (TPSA) is 80.4 Å². The molecule has 1 spiro atoms. The fourth-order valence-corrected chi connectivity index (χ4v) is 4.84. The number of aliphatic hydroxyl groups excluding tert-OH is 2. The van der Waals surface area contributed by atoms with Gasteiger partial charge in [0, 0.05) is 17.0 Å². The van der Waals surface area contributed by atoms with Crippen LogP contribution in [0.1, 0.15) is 36.2 Å². The van der Waals surface area contributed by atoms with E-state index in [0.717, 1.165) is 22.3 Å². The van der Waals surface area contributed by atoms with Gasteiger partial charge in [-0.3, -0.25) is 0 Å². The Bertz CT molecular complexity index is 973. The number of ether oxygens (including phenoxy) is 1. The van der Waals surface area contributed by atoms with Gasteiger partial charge in [0.15, 0.2) is 0 Å². The molecule has 0 bridgehead atoms. The summed E-state index contributed by atoms with van der Waals surface area (Å²) in [6.07, 6.45) is 3.13. The molecule has 5 atom stereocenters. The minimum absolute atomic E-state index is 0.0437. The van der Waals surface area contributed by atoms with Gasteiger partial charge in [0.2, 0.25) is 0 Å². The second-order valence-corrected chi connectivity index (χ2v) is 7.90. The molecular weight excluding hydrogens is 342 g/mol. The van der Waals surface area contributed by atoms with Gasteiger partial charge < -0.3 is 19.5 Å². The van der Waals surface area contributed by atoms with E-state index in [0.29, 0.717) is 19.4 Å². The lowest BCUT2D eigenvalue weighted by Gasteiger charge is -2.26. The standard InChI is InChI=1S/C21H23N3O3/c1-13-15-7-8-24(20(15)23-12-22-13)16-9-21(19(26)18(16)25)10-17(27-11-21)14-5-3-2-4-6-14/h2-8,12,16-19,25-26H,9-11H2,1H3. The van der Waals surface area contributed by atoms with Crippen molar-refractivity contribution in [1.29, 1.82) is 0 Å². The van der Waals surface area contributed by atoms with Crippen LogP contribution in [0.5, 0.6) is 0 Å². The lowest BCUT2D eigenvalue weighted by molar-refractivity contribution is -0.0309.